The van der Waals surface area contributed by atoms with Crippen LogP contribution in [0, 0.1) is 0 Å². The van der Waals surface area contributed by atoms with Crippen molar-refractivity contribution in [2.24, 2.45) is 5.73 Å². The number of nitrogens with one attached hydrogen (secondary N) is 1. The standard InChI is InChI=1S/C16H12N2O4/c17-15(19)13-8-7-12(22-13)10-3-5-11(6-4-10)18-16(20)14-2-1-9-21-14/h1-9H,(H2,17,19)(H,18,20). The highest BCUT2D eigenvalue weighted by atomic mass is 16.4. The minimum atomic E-state index is -0.617. The van der Waals surface area contributed by atoms with Gasteiger partial charge in [-0.25, -0.2) is 0 Å². The Balaban J connectivity index is 1.74. The molecule has 2 aromatic heterocycles. The lowest BCUT2D eigenvalue weighted by Crippen LogP contribution is -2.10. The molecule has 0 spiro atoms. The van der Waals surface area contributed by atoms with Gasteiger partial charge in [0.25, 0.3) is 11.8 Å². The lowest BCUT2D eigenvalue weighted by Gasteiger charge is -2.04. The van der Waals surface area contributed by atoms with Crippen LogP contribution >= 0.6 is 0 Å². The minimum Gasteiger partial charge on any atom is -0.459 e. The van der Waals surface area contributed by atoms with Crippen molar-refractivity contribution in [3.05, 3.63) is 66.3 Å². The number of carbonyl (C=O) groups excluding carboxylic acids is 2. The van der Waals surface area contributed by atoms with Gasteiger partial charge in [-0.1, -0.05) is 0 Å². The first-order valence-electron chi connectivity index (χ1n) is 6.48. The van der Waals surface area contributed by atoms with Crippen LogP contribution in [0.25, 0.3) is 11.3 Å². The van der Waals surface area contributed by atoms with Crippen LogP contribution in [0.2, 0.25) is 0 Å². The van der Waals surface area contributed by atoms with Crippen molar-refractivity contribution in [2.45, 2.75) is 0 Å². The molecule has 0 saturated carbocycles. The summed E-state index contributed by atoms with van der Waals surface area (Å²) in [5.41, 5.74) is 6.53. The summed E-state index contributed by atoms with van der Waals surface area (Å²) < 4.78 is 10.3. The molecule has 0 aliphatic carbocycles. The van der Waals surface area contributed by atoms with Crippen molar-refractivity contribution in [3.63, 3.8) is 0 Å². The molecule has 2 heterocycles. The van der Waals surface area contributed by atoms with E-state index in [9.17, 15) is 9.59 Å². The summed E-state index contributed by atoms with van der Waals surface area (Å²) in [5, 5.41) is 2.71. The highest BCUT2D eigenvalue weighted by Crippen LogP contribution is 2.24. The van der Waals surface area contributed by atoms with Crippen molar-refractivity contribution in [1.29, 1.82) is 0 Å². The highest BCUT2D eigenvalue weighted by molar-refractivity contribution is 6.02. The van der Waals surface area contributed by atoms with Crippen molar-refractivity contribution in [1.82, 2.24) is 0 Å². The first-order chi connectivity index (χ1) is 10.6. The Morgan fingerprint density at radius 3 is 2.32 bits per heavy atom. The van der Waals surface area contributed by atoms with E-state index in [1.807, 2.05) is 0 Å². The van der Waals surface area contributed by atoms with E-state index in [-0.39, 0.29) is 17.4 Å². The van der Waals surface area contributed by atoms with Gasteiger partial charge < -0.3 is 19.9 Å². The van der Waals surface area contributed by atoms with Crippen LogP contribution < -0.4 is 11.1 Å². The number of hydrogen-bond acceptors (Lipinski definition) is 4. The average molecular weight is 296 g/mol. The summed E-state index contributed by atoms with van der Waals surface area (Å²) in [5.74, 6) is -0.0792. The molecule has 110 valence electrons. The van der Waals surface area contributed by atoms with E-state index in [1.54, 1.807) is 42.5 Å². The van der Waals surface area contributed by atoms with Crippen molar-refractivity contribution < 1.29 is 18.4 Å². The molecule has 22 heavy (non-hydrogen) atoms. The van der Waals surface area contributed by atoms with Gasteiger partial charge in [-0.3, -0.25) is 9.59 Å². The number of anilines is 1. The molecule has 1 aromatic carbocycles. The smallest absolute Gasteiger partial charge is 0.291 e. The van der Waals surface area contributed by atoms with Gasteiger partial charge in [-0.2, -0.15) is 0 Å². The third-order valence-electron chi connectivity index (χ3n) is 3.02. The van der Waals surface area contributed by atoms with E-state index in [1.165, 1.54) is 12.3 Å². The van der Waals surface area contributed by atoms with Crippen LogP contribution in [0.15, 0.2) is 63.6 Å². The molecular formula is C16H12N2O4. The van der Waals surface area contributed by atoms with Crippen LogP contribution in [0.3, 0.4) is 0 Å². The number of carbonyl (C=O) groups is 2. The average Bonchev–Trinajstić information content (AvgIpc) is 3.20. The minimum absolute atomic E-state index is 0.102. The zero-order valence-corrected chi connectivity index (χ0v) is 11.4. The van der Waals surface area contributed by atoms with Gasteiger partial charge in [-0.05, 0) is 48.5 Å². The summed E-state index contributed by atoms with van der Waals surface area (Å²) in [6.07, 6.45) is 1.44. The monoisotopic (exact) mass is 296 g/mol. The Morgan fingerprint density at radius 1 is 0.955 bits per heavy atom. The van der Waals surface area contributed by atoms with E-state index in [0.29, 0.717) is 11.4 Å². The molecule has 3 rings (SSSR count). The molecule has 0 aliphatic rings. The van der Waals surface area contributed by atoms with E-state index < -0.39 is 5.91 Å². The molecular weight excluding hydrogens is 284 g/mol. The summed E-state index contributed by atoms with van der Waals surface area (Å²) in [7, 11) is 0. The SMILES string of the molecule is NC(=O)c1ccc(-c2ccc(NC(=O)c3ccco3)cc2)o1. The maximum absolute atomic E-state index is 11.8. The molecule has 0 radical (unpaired) electrons. The number of nitrogens with two attached hydrogens (primary N) is 1. The Kier molecular flexibility index (Phi) is 3.49. The van der Waals surface area contributed by atoms with Crippen LogP contribution in [0.4, 0.5) is 5.69 Å². The Hall–Kier alpha value is -3.28. The van der Waals surface area contributed by atoms with Gasteiger partial charge in [0.1, 0.15) is 5.76 Å². The second kappa shape index (κ2) is 5.61. The topological polar surface area (TPSA) is 98.5 Å². The normalized spacial score (nSPS) is 10.4. The molecule has 6 nitrogen and oxygen atoms in total. The van der Waals surface area contributed by atoms with Gasteiger partial charge >= 0.3 is 0 Å². The molecule has 0 saturated heterocycles. The van der Waals surface area contributed by atoms with Crippen molar-refractivity contribution in [3.8, 4) is 11.3 Å². The van der Waals surface area contributed by atoms with E-state index in [0.717, 1.165) is 5.56 Å². The Labute approximate surface area is 125 Å². The molecule has 0 unspecified atom stereocenters. The van der Waals surface area contributed by atoms with Gasteiger partial charge in [-0.15, -0.1) is 0 Å². The Morgan fingerprint density at radius 2 is 1.73 bits per heavy atom. The summed E-state index contributed by atoms with van der Waals surface area (Å²) in [4.78, 5) is 22.8. The number of primary amides is 1. The molecule has 6 heteroatoms. The molecule has 0 bridgehead atoms. The number of rotatable bonds is 4. The first-order valence-corrected chi connectivity index (χ1v) is 6.48. The zero-order valence-electron chi connectivity index (χ0n) is 11.4. The van der Waals surface area contributed by atoms with Crippen LogP contribution in [-0.4, -0.2) is 11.8 Å². The number of furan rings is 2. The van der Waals surface area contributed by atoms with Crippen LogP contribution in [0.5, 0.6) is 0 Å². The molecule has 3 N–H and O–H groups in total. The lowest BCUT2D eigenvalue weighted by molar-refractivity contribution is 0.0972. The lowest BCUT2D eigenvalue weighted by atomic mass is 10.1. The summed E-state index contributed by atoms with van der Waals surface area (Å²) in [6.45, 7) is 0. The largest absolute Gasteiger partial charge is 0.459 e. The van der Waals surface area contributed by atoms with Crippen molar-refractivity contribution >= 4 is 17.5 Å². The third-order valence-corrected chi connectivity index (χ3v) is 3.02. The second-order valence-electron chi connectivity index (χ2n) is 4.54. The van der Waals surface area contributed by atoms with Crippen molar-refractivity contribution in [2.75, 3.05) is 5.32 Å². The fourth-order valence-corrected chi connectivity index (χ4v) is 1.94. The molecule has 0 fully saturated rings. The van der Waals surface area contributed by atoms with Gasteiger partial charge in [0.2, 0.25) is 0 Å². The summed E-state index contributed by atoms with van der Waals surface area (Å²) in [6, 6.07) is 13.4. The zero-order chi connectivity index (χ0) is 15.5. The predicted octanol–water partition coefficient (Wildman–Crippen LogP) is 2.89. The highest BCUT2D eigenvalue weighted by Gasteiger charge is 2.10. The number of benzene rings is 1. The third kappa shape index (κ3) is 2.76. The maximum atomic E-state index is 11.8. The first kappa shape index (κ1) is 13.7. The predicted molar refractivity (Wildman–Crippen MR) is 79.3 cm³/mol. The van der Waals surface area contributed by atoms with Gasteiger partial charge in [0, 0.05) is 11.3 Å². The van der Waals surface area contributed by atoms with Gasteiger partial charge in [0.15, 0.2) is 11.5 Å². The Bertz CT molecular complexity index is 801. The number of amides is 2. The fourth-order valence-electron chi connectivity index (χ4n) is 1.94. The quantitative estimate of drug-likeness (QED) is 0.773. The van der Waals surface area contributed by atoms with E-state index >= 15 is 0 Å². The van der Waals surface area contributed by atoms with E-state index in [4.69, 9.17) is 14.6 Å². The van der Waals surface area contributed by atoms with Crippen LogP contribution in [-0.2, 0) is 0 Å². The van der Waals surface area contributed by atoms with Crippen LogP contribution in [0.1, 0.15) is 21.1 Å². The van der Waals surface area contributed by atoms with Gasteiger partial charge in [0.05, 0.1) is 6.26 Å². The summed E-state index contributed by atoms with van der Waals surface area (Å²) >= 11 is 0. The molecule has 3 aromatic rings. The molecule has 0 aliphatic heterocycles. The number of hydrogen-bond donors (Lipinski definition) is 2. The molecule has 2 amide bonds. The fraction of sp³-hybridized carbons (Fsp3) is 0. The second-order valence-corrected chi connectivity index (χ2v) is 4.54. The molecule has 0 atom stereocenters. The maximum Gasteiger partial charge on any atom is 0.291 e. The van der Waals surface area contributed by atoms with E-state index in [2.05, 4.69) is 5.32 Å².